The van der Waals surface area contributed by atoms with Crippen LogP contribution in [0.25, 0.3) is 17.1 Å². The van der Waals surface area contributed by atoms with Crippen LogP contribution >= 0.6 is 11.3 Å². The van der Waals surface area contributed by atoms with Gasteiger partial charge in [-0.1, -0.05) is 0 Å². The van der Waals surface area contributed by atoms with Crippen molar-refractivity contribution in [3.63, 3.8) is 0 Å². The summed E-state index contributed by atoms with van der Waals surface area (Å²) in [6.07, 6.45) is -9.11. The topological polar surface area (TPSA) is 101 Å². The lowest BCUT2D eigenvalue weighted by molar-refractivity contribution is -0.292. The maximum atomic E-state index is 13.9. The van der Waals surface area contributed by atoms with Gasteiger partial charge in [0.2, 0.25) is 0 Å². The van der Waals surface area contributed by atoms with E-state index in [9.17, 15) is 39.9 Å². The molecule has 3 heterocycles. The largest absolute Gasteiger partial charge is 0.459 e. The van der Waals surface area contributed by atoms with Crippen LogP contribution in [0.1, 0.15) is 33.9 Å². The van der Waals surface area contributed by atoms with Crippen LogP contribution in [0.3, 0.4) is 0 Å². The highest BCUT2D eigenvalue weighted by Gasteiger charge is 2.64. The van der Waals surface area contributed by atoms with Gasteiger partial charge in [-0.05, 0) is 12.8 Å². The molecule has 8 nitrogen and oxygen atoms in total. The summed E-state index contributed by atoms with van der Waals surface area (Å²) in [5.41, 5.74) is -5.66. The van der Waals surface area contributed by atoms with E-state index in [4.69, 9.17) is 5.26 Å². The summed E-state index contributed by atoms with van der Waals surface area (Å²) in [6.45, 7) is 0. The van der Waals surface area contributed by atoms with Crippen molar-refractivity contribution in [1.82, 2.24) is 29.9 Å². The van der Waals surface area contributed by atoms with Gasteiger partial charge in [0, 0.05) is 24.2 Å². The van der Waals surface area contributed by atoms with Crippen molar-refractivity contribution >= 4 is 17.2 Å². The van der Waals surface area contributed by atoms with Gasteiger partial charge in [0.1, 0.15) is 11.1 Å². The van der Waals surface area contributed by atoms with Crippen LogP contribution in [-0.4, -0.2) is 42.2 Å². The summed E-state index contributed by atoms with van der Waals surface area (Å²) in [4.78, 5) is 16.3. The van der Waals surface area contributed by atoms with Gasteiger partial charge >= 0.3 is 18.3 Å². The molecular formula is C18H11F8N7OS. The minimum Gasteiger partial charge on any atom is -0.332 e. The summed E-state index contributed by atoms with van der Waals surface area (Å²) < 4.78 is 108. The standard InChI is InChI=1S/C18H11F8N7OS/c1-32-14(10(17(21,22)23)11(31-32)16(19,20)18(24,25)26)33-5-8(4-28-33)9-6-35-13(29-9)12(34)30-15(7-27)2-3-15/h4-6H,2-3H2,1H3,(H,30,34). The number of hydrogen-bond acceptors (Lipinski definition) is 6. The number of thiazole rings is 1. The first-order valence-corrected chi connectivity index (χ1v) is 10.3. The lowest BCUT2D eigenvalue weighted by Gasteiger charge is -2.19. The van der Waals surface area contributed by atoms with Crippen molar-refractivity contribution in [3.05, 3.63) is 34.0 Å². The molecule has 1 amide bonds. The number of hydrogen-bond donors (Lipinski definition) is 1. The van der Waals surface area contributed by atoms with E-state index >= 15 is 0 Å². The monoisotopic (exact) mass is 525 g/mol. The van der Waals surface area contributed by atoms with Crippen molar-refractivity contribution in [3.8, 4) is 23.1 Å². The number of alkyl halides is 8. The Morgan fingerprint density at radius 2 is 1.86 bits per heavy atom. The number of amides is 1. The van der Waals surface area contributed by atoms with E-state index in [0.717, 1.165) is 30.8 Å². The summed E-state index contributed by atoms with van der Waals surface area (Å²) in [7, 11) is 0.760. The zero-order chi connectivity index (χ0) is 26.0. The van der Waals surface area contributed by atoms with Crippen LogP contribution in [0, 0.1) is 11.3 Å². The van der Waals surface area contributed by atoms with Gasteiger partial charge in [-0.2, -0.15) is 50.6 Å². The average Bonchev–Trinajstić information content (AvgIpc) is 3.14. The minimum atomic E-state index is -6.32. The maximum Gasteiger partial charge on any atom is 0.459 e. The number of nitrogens with zero attached hydrogens (tertiary/aromatic N) is 6. The molecule has 0 unspecified atom stereocenters. The van der Waals surface area contributed by atoms with E-state index in [-0.39, 0.29) is 20.9 Å². The molecule has 0 atom stereocenters. The van der Waals surface area contributed by atoms with Gasteiger partial charge in [0.25, 0.3) is 5.91 Å². The Bertz CT molecular complexity index is 1340. The van der Waals surface area contributed by atoms with E-state index < -0.39 is 46.8 Å². The molecule has 1 N–H and O–H groups in total. The van der Waals surface area contributed by atoms with Crippen molar-refractivity contribution in [1.29, 1.82) is 5.26 Å². The molecule has 35 heavy (non-hydrogen) atoms. The van der Waals surface area contributed by atoms with E-state index in [2.05, 4.69) is 20.5 Å². The normalized spacial score (nSPS) is 15.7. The lowest BCUT2D eigenvalue weighted by atomic mass is 10.1. The van der Waals surface area contributed by atoms with E-state index in [1.165, 1.54) is 5.38 Å². The summed E-state index contributed by atoms with van der Waals surface area (Å²) in [5.74, 6) is -7.71. The number of aromatic nitrogens is 5. The first kappa shape index (κ1) is 24.6. The SMILES string of the molecule is Cn1nc(C(F)(F)C(F)(F)F)c(C(F)(F)F)c1-n1cc(-c2csc(C(=O)NC3(C#N)CC3)n2)cn1. The fraction of sp³-hybridized carbons (Fsp3) is 0.389. The Balaban J connectivity index is 1.71. The molecule has 186 valence electrons. The smallest absolute Gasteiger partial charge is 0.332 e. The Labute approximate surface area is 193 Å². The lowest BCUT2D eigenvalue weighted by Crippen LogP contribution is -2.36. The van der Waals surface area contributed by atoms with Gasteiger partial charge in [0.15, 0.2) is 16.5 Å². The molecule has 17 heteroatoms. The van der Waals surface area contributed by atoms with Crippen molar-refractivity contribution < 1.29 is 39.9 Å². The minimum absolute atomic E-state index is 0.0418. The molecule has 1 aliphatic carbocycles. The molecule has 1 fully saturated rings. The molecule has 1 saturated carbocycles. The first-order chi connectivity index (χ1) is 16.1. The van der Waals surface area contributed by atoms with Gasteiger partial charge in [0.05, 0.1) is 18.0 Å². The Kier molecular flexibility index (Phi) is 5.43. The summed E-state index contributed by atoms with van der Waals surface area (Å²) in [6, 6.07) is 1.97. The molecule has 0 bridgehead atoms. The zero-order valence-electron chi connectivity index (χ0n) is 17.2. The quantitative estimate of drug-likeness (QED) is 0.504. The number of carbonyl (C=O) groups is 1. The summed E-state index contributed by atoms with van der Waals surface area (Å²) >= 11 is 0.866. The second kappa shape index (κ2) is 7.73. The number of nitriles is 1. The third-order valence-corrected chi connectivity index (χ3v) is 5.91. The van der Waals surface area contributed by atoms with Crippen LogP contribution in [0.15, 0.2) is 17.8 Å². The number of nitrogens with one attached hydrogen (secondary N) is 1. The van der Waals surface area contributed by atoms with Gasteiger partial charge < -0.3 is 5.32 Å². The second-order valence-electron chi connectivity index (χ2n) is 7.60. The number of halogens is 8. The third kappa shape index (κ3) is 4.22. The highest BCUT2D eigenvalue weighted by molar-refractivity contribution is 7.12. The maximum absolute atomic E-state index is 13.9. The van der Waals surface area contributed by atoms with E-state index in [0.29, 0.717) is 17.5 Å². The molecule has 4 rings (SSSR count). The third-order valence-electron chi connectivity index (χ3n) is 5.06. The van der Waals surface area contributed by atoms with Crippen LogP contribution in [-0.2, 0) is 19.1 Å². The van der Waals surface area contributed by atoms with Gasteiger partial charge in [-0.15, -0.1) is 11.3 Å². The molecule has 0 aliphatic heterocycles. The van der Waals surface area contributed by atoms with Gasteiger partial charge in [-0.25, -0.2) is 14.3 Å². The zero-order valence-corrected chi connectivity index (χ0v) is 18.0. The number of aryl methyl sites for hydroxylation is 1. The number of carbonyl (C=O) groups excluding carboxylic acids is 1. The van der Waals surface area contributed by atoms with Crippen LogP contribution in [0.4, 0.5) is 35.1 Å². The van der Waals surface area contributed by atoms with E-state index in [1.807, 2.05) is 6.07 Å². The Morgan fingerprint density at radius 1 is 1.20 bits per heavy atom. The van der Waals surface area contributed by atoms with Crippen LogP contribution in [0.2, 0.25) is 0 Å². The first-order valence-electron chi connectivity index (χ1n) is 9.43. The Morgan fingerprint density at radius 3 is 2.40 bits per heavy atom. The molecule has 3 aromatic rings. The molecule has 1 aliphatic rings. The predicted molar refractivity (Wildman–Crippen MR) is 101 cm³/mol. The highest BCUT2D eigenvalue weighted by atomic mass is 32.1. The molecule has 0 aromatic carbocycles. The van der Waals surface area contributed by atoms with Crippen molar-refractivity contribution in [2.45, 2.75) is 36.7 Å². The molecule has 0 spiro atoms. The molecule has 0 radical (unpaired) electrons. The fourth-order valence-electron chi connectivity index (χ4n) is 3.14. The Hall–Kier alpha value is -3.55. The second-order valence-corrected chi connectivity index (χ2v) is 8.46. The van der Waals surface area contributed by atoms with Crippen LogP contribution < -0.4 is 5.32 Å². The average molecular weight is 525 g/mol. The molecule has 3 aromatic heterocycles. The van der Waals surface area contributed by atoms with Crippen molar-refractivity contribution in [2.75, 3.05) is 0 Å². The predicted octanol–water partition coefficient (Wildman–Crippen LogP) is 4.19. The fourth-order valence-corrected chi connectivity index (χ4v) is 3.86. The summed E-state index contributed by atoms with van der Waals surface area (Å²) in [5, 5.41) is 19.3. The molecule has 0 saturated heterocycles. The van der Waals surface area contributed by atoms with Crippen molar-refractivity contribution in [2.24, 2.45) is 7.05 Å². The number of rotatable bonds is 5. The van der Waals surface area contributed by atoms with E-state index in [1.54, 1.807) is 0 Å². The highest BCUT2D eigenvalue weighted by Crippen LogP contribution is 2.49. The molecular weight excluding hydrogens is 514 g/mol. The van der Waals surface area contributed by atoms with Gasteiger partial charge in [-0.3, -0.25) is 4.79 Å². The van der Waals surface area contributed by atoms with Crippen LogP contribution in [0.5, 0.6) is 0 Å².